The molecule has 0 aromatic carbocycles. The Kier molecular flexibility index (Phi) is 1.58. The van der Waals surface area contributed by atoms with Gasteiger partial charge in [0, 0.05) is 0 Å². The predicted molar refractivity (Wildman–Crippen MR) is 57.6 cm³/mol. The van der Waals surface area contributed by atoms with Gasteiger partial charge in [0.1, 0.15) is 0 Å². The van der Waals surface area contributed by atoms with Gasteiger partial charge in [-0.2, -0.15) is 0 Å². The molecule has 2 fully saturated rings. The van der Waals surface area contributed by atoms with E-state index in [0.29, 0.717) is 16.2 Å². The lowest BCUT2D eigenvalue weighted by Gasteiger charge is -2.33. The van der Waals surface area contributed by atoms with E-state index in [4.69, 9.17) is 0 Å². The standard InChI is InChI=1S/C13H24/c1-7-9-10-11(2,3)8-12(4,5)13(9,10)6/h9-10H,7-8H2,1-6H3. The van der Waals surface area contributed by atoms with Crippen LogP contribution in [0, 0.1) is 28.1 Å². The lowest BCUT2D eigenvalue weighted by molar-refractivity contribution is 0.164. The van der Waals surface area contributed by atoms with Crippen LogP contribution in [0.2, 0.25) is 0 Å². The molecule has 0 aliphatic heterocycles. The first-order chi connectivity index (χ1) is 5.77. The van der Waals surface area contributed by atoms with Crippen LogP contribution < -0.4 is 0 Å². The molecular formula is C13H24. The Labute approximate surface area is 83.1 Å². The molecule has 0 radical (unpaired) electrons. The maximum Gasteiger partial charge on any atom is -0.0207 e. The molecule has 0 bridgehead atoms. The van der Waals surface area contributed by atoms with Gasteiger partial charge in [-0.05, 0) is 34.5 Å². The van der Waals surface area contributed by atoms with E-state index in [1.54, 1.807) is 0 Å². The summed E-state index contributed by atoms with van der Waals surface area (Å²) in [5, 5.41) is 0. The monoisotopic (exact) mass is 180 g/mol. The first-order valence-corrected chi connectivity index (χ1v) is 5.77. The minimum atomic E-state index is 0.571. The lowest BCUT2D eigenvalue weighted by atomic mass is 9.72. The maximum absolute atomic E-state index is 2.53. The van der Waals surface area contributed by atoms with Crippen molar-refractivity contribution in [2.45, 2.75) is 54.4 Å². The molecule has 3 atom stereocenters. The molecular weight excluding hydrogens is 156 g/mol. The van der Waals surface area contributed by atoms with Crippen molar-refractivity contribution in [1.82, 2.24) is 0 Å². The Hall–Kier alpha value is 0. The summed E-state index contributed by atoms with van der Waals surface area (Å²) in [6, 6.07) is 0. The summed E-state index contributed by atoms with van der Waals surface area (Å²) in [6.45, 7) is 14.8. The Morgan fingerprint density at radius 2 is 1.62 bits per heavy atom. The quantitative estimate of drug-likeness (QED) is 0.570. The Balaban J connectivity index is 2.35. The summed E-state index contributed by atoms with van der Waals surface area (Å²) in [6.07, 6.45) is 2.80. The fraction of sp³-hybridized carbons (Fsp3) is 1.00. The van der Waals surface area contributed by atoms with Gasteiger partial charge in [0.2, 0.25) is 0 Å². The van der Waals surface area contributed by atoms with Crippen molar-refractivity contribution in [3.8, 4) is 0 Å². The van der Waals surface area contributed by atoms with E-state index in [1.165, 1.54) is 12.8 Å². The number of hydrogen-bond donors (Lipinski definition) is 0. The largest absolute Gasteiger partial charge is 0.0651 e. The first-order valence-electron chi connectivity index (χ1n) is 5.77. The minimum Gasteiger partial charge on any atom is -0.0651 e. The van der Waals surface area contributed by atoms with Gasteiger partial charge in [0.15, 0.2) is 0 Å². The molecule has 13 heavy (non-hydrogen) atoms. The fourth-order valence-electron chi connectivity index (χ4n) is 4.98. The van der Waals surface area contributed by atoms with Crippen molar-refractivity contribution in [3.63, 3.8) is 0 Å². The molecule has 0 nitrogen and oxygen atoms in total. The smallest absolute Gasteiger partial charge is 0.0207 e. The molecule has 2 aliphatic carbocycles. The highest BCUT2D eigenvalue weighted by atomic mass is 14.8. The average Bonchev–Trinajstić information content (AvgIpc) is 2.51. The first kappa shape index (κ1) is 9.55. The zero-order chi connectivity index (χ0) is 10.1. The fourth-order valence-corrected chi connectivity index (χ4v) is 4.98. The Morgan fingerprint density at radius 3 is 1.85 bits per heavy atom. The summed E-state index contributed by atoms with van der Waals surface area (Å²) in [4.78, 5) is 0. The molecule has 0 aromatic heterocycles. The van der Waals surface area contributed by atoms with Gasteiger partial charge in [-0.25, -0.2) is 0 Å². The summed E-state index contributed by atoms with van der Waals surface area (Å²) in [5.74, 6) is 2.01. The summed E-state index contributed by atoms with van der Waals surface area (Å²) < 4.78 is 0. The number of fused-ring (bicyclic) bond motifs is 1. The molecule has 0 N–H and O–H groups in total. The summed E-state index contributed by atoms with van der Waals surface area (Å²) >= 11 is 0. The molecule has 0 amide bonds. The molecule has 2 aliphatic rings. The molecule has 0 spiro atoms. The van der Waals surface area contributed by atoms with E-state index in [1.807, 2.05) is 0 Å². The second-order valence-electron chi connectivity index (χ2n) is 6.82. The molecule has 2 rings (SSSR count). The van der Waals surface area contributed by atoms with Crippen LogP contribution >= 0.6 is 0 Å². The van der Waals surface area contributed by atoms with Crippen molar-refractivity contribution in [2.24, 2.45) is 28.1 Å². The zero-order valence-corrected chi connectivity index (χ0v) is 10.1. The van der Waals surface area contributed by atoms with Crippen LogP contribution in [0.25, 0.3) is 0 Å². The normalized spacial score (nSPS) is 50.3. The third-order valence-corrected chi connectivity index (χ3v) is 5.35. The molecule has 76 valence electrons. The maximum atomic E-state index is 2.53. The molecule has 3 unspecified atom stereocenters. The second-order valence-corrected chi connectivity index (χ2v) is 6.82. The average molecular weight is 180 g/mol. The Bertz CT molecular complexity index is 236. The van der Waals surface area contributed by atoms with E-state index >= 15 is 0 Å². The number of rotatable bonds is 1. The minimum absolute atomic E-state index is 0.571. The van der Waals surface area contributed by atoms with Crippen molar-refractivity contribution in [3.05, 3.63) is 0 Å². The molecule has 0 saturated heterocycles. The van der Waals surface area contributed by atoms with Gasteiger partial charge in [-0.3, -0.25) is 0 Å². The zero-order valence-electron chi connectivity index (χ0n) is 10.1. The van der Waals surface area contributed by atoms with Crippen LogP contribution in [0.1, 0.15) is 54.4 Å². The van der Waals surface area contributed by atoms with Gasteiger partial charge in [0.25, 0.3) is 0 Å². The third-order valence-electron chi connectivity index (χ3n) is 5.35. The highest BCUT2D eigenvalue weighted by molar-refractivity contribution is 5.23. The van der Waals surface area contributed by atoms with E-state index in [0.717, 1.165) is 11.8 Å². The topological polar surface area (TPSA) is 0 Å². The van der Waals surface area contributed by atoms with Gasteiger partial charge >= 0.3 is 0 Å². The van der Waals surface area contributed by atoms with Crippen LogP contribution in [-0.2, 0) is 0 Å². The van der Waals surface area contributed by atoms with E-state index < -0.39 is 0 Å². The third kappa shape index (κ3) is 0.877. The number of hydrogen-bond acceptors (Lipinski definition) is 0. The highest BCUT2D eigenvalue weighted by Gasteiger charge is 2.75. The van der Waals surface area contributed by atoms with E-state index in [9.17, 15) is 0 Å². The highest BCUT2D eigenvalue weighted by Crippen LogP contribution is 2.81. The van der Waals surface area contributed by atoms with Crippen molar-refractivity contribution in [2.75, 3.05) is 0 Å². The van der Waals surface area contributed by atoms with Crippen molar-refractivity contribution in [1.29, 1.82) is 0 Å². The van der Waals surface area contributed by atoms with Gasteiger partial charge < -0.3 is 0 Å². The van der Waals surface area contributed by atoms with Crippen molar-refractivity contribution < 1.29 is 0 Å². The predicted octanol–water partition coefficient (Wildman–Crippen LogP) is 4.10. The second kappa shape index (κ2) is 2.15. The van der Waals surface area contributed by atoms with Crippen molar-refractivity contribution >= 4 is 0 Å². The van der Waals surface area contributed by atoms with Crippen LogP contribution in [0.4, 0.5) is 0 Å². The molecule has 0 heteroatoms. The summed E-state index contributed by atoms with van der Waals surface area (Å²) in [5.41, 5.74) is 1.83. The molecule has 2 saturated carbocycles. The Morgan fingerprint density at radius 1 is 1.08 bits per heavy atom. The van der Waals surface area contributed by atoms with Crippen LogP contribution in [0.3, 0.4) is 0 Å². The van der Waals surface area contributed by atoms with Crippen LogP contribution in [0.15, 0.2) is 0 Å². The lowest BCUT2D eigenvalue weighted by Crippen LogP contribution is -2.24. The van der Waals surface area contributed by atoms with Crippen LogP contribution in [0.5, 0.6) is 0 Å². The van der Waals surface area contributed by atoms with Gasteiger partial charge in [-0.1, -0.05) is 48.0 Å². The molecule has 0 heterocycles. The van der Waals surface area contributed by atoms with Gasteiger partial charge in [-0.15, -0.1) is 0 Å². The summed E-state index contributed by atoms with van der Waals surface area (Å²) in [7, 11) is 0. The SMILES string of the molecule is CCC1C2C(C)(C)CC(C)(C)C12C. The van der Waals surface area contributed by atoms with E-state index in [-0.39, 0.29) is 0 Å². The van der Waals surface area contributed by atoms with Crippen LogP contribution in [-0.4, -0.2) is 0 Å². The van der Waals surface area contributed by atoms with E-state index in [2.05, 4.69) is 41.5 Å². The molecule has 0 aromatic rings. The van der Waals surface area contributed by atoms with Gasteiger partial charge in [0.05, 0.1) is 0 Å².